The lowest BCUT2D eigenvalue weighted by molar-refractivity contribution is -0.113. The highest BCUT2D eigenvalue weighted by Gasteiger charge is 2.31. The summed E-state index contributed by atoms with van der Waals surface area (Å²) in [5, 5.41) is 7.59. The first-order valence-electron chi connectivity index (χ1n) is 11.2. The van der Waals surface area contributed by atoms with Gasteiger partial charge in [0, 0.05) is 17.0 Å². The Balaban J connectivity index is 1.45. The van der Waals surface area contributed by atoms with Crippen molar-refractivity contribution in [3.63, 3.8) is 0 Å². The van der Waals surface area contributed by atoms with Crippen molar-refractivity contribution in [2.45, 2.75) is 32.6 Å². The molecule has 0 saturated carbocycles. The molecule has 0 aliphatic carbocycles. The van der Waals surface area contributed by atoms with Gasteiger partial charge < -0.3 is 10.1 Å². The molecule has 1 N–H and O–H groups in total. The number of hydrogen-bond acceptors (Lipinski definition) is 6. The zero-order chi connectivity index (χ0) is 24.5. The number of nitrogens with one attached hydrogen (secondary N) is 1. The molecule has 1 aliphatic rings. The topological polar surface area (TPSA) is 81.9 Å². The number of aryl methyl sites for hydroxylation is 3. The van der Waals surface area contributed by atoms with Gasteiger partial charge in [-0.3, -0.25) is 4.79 Å². The van der Waals surface area contributed by atoms with Crippen LogP contribution in [0.15, 0.2) is 54.6 Å². The van der Waals surface area contributed by atoms with Gasteiger partial charge in [-0.15, -0.1) is 11.8 Å². The van der Waals surface area contributed by atoms with E-state index in [1.807, 2.05) is 57.2 Å². The average Bonchev–Trinajstić information content (AvgIpc) is 3.02. The summed E-state index contributed by atoms with van der Waals surface area (Å²) in [7, 11) is 0. The van der Waals surface area contributed by atoms with Crippen LogP contribution in [0.5, 0.6) is 5.75 Å². The Labute approximate surface area is 206 Å². The maximum atomic E-state index is 13.4. The number of ether oxygens (including phenoxy) is 1. The molecule has 2 aromatic carbocycles. The summed E-state index contributed by atoms with van der Waals surface area (Å²) in [6.07, 6.45) is 0. The molecule has 0 unspecified atom stereocenters. The van der Waals surface area contributed by atoms with Gasteiger partial charge in [-0.05, 0) is 62.2 Å². The first-order chi connectivity index (χ1) is 16.9. The van der Waals surface area contributed by atoms with Crippen LogP contribution in [0.3, 0.4) is 0 Å². The van der Waals surface area contributed by atoms with E-state index >= 15 is 0 Å². The first kappa shape index (κ1) is 23.0. The third-order valence-electron chi connectivity index (χ3n) is 5.65. The summed E-state index contributed by atoms with van der Waals surface area (Å²) in [5.41, 5.74) is 5.17. The largest absolute Gasteiger partial charge is 0.489 e. The molecule has 0 saturated heterocycles. The lowest BCUT2D eigenvalue weighted by Crippen LogP contribution is -2.17. The number of halogens is 1. The summed E-state index contributed by atoms with van der Waals surface area (Å²) in [4.78, 5) is 21.7. The molecule has 1 amide bonds. The zero-order valence-corrected chi connectivity index (χ0v) is 20.4. The molecule has 2 aromatic heterocycles. The van der Waals surface area contributed by atoms with E-state index in [2.05, 4.69) is 15.3 Å². The van der Waals surface area contributed by atoms with Gasteiger partial charge >= 0.3 is 0 Å². The fraction of sp³-hybridized carbons (Fsp3) is 0.231. The van der Waals surface area contributed by atoms with E-state index in [4.69, 9.17) is 9.84 Å². The SMILES string of the molecule is Cc1cc(C)nc(-n2nc(C)c3c2NC(=O)CS[C@@H]3c2ccc(OCc3cccc(F)c3)cc2)n1. The van der Waals surface area contributed by atoms with Gasteiger partial charge in [0.05, 0.1) is 16.7 Å². The molecule has 0 bridgehead atoms. The molecule has 5 rings (SSSR count). The van der Waals surface area contributed by atoms with Crippen LogP contribution in [-0.4, -0.2) is 31.4 Å². The van der Waals surface area contributed by atoms with Gasteiger partial charge in [0.25, 0.3) is 5.95 Å². The standard InChI is InChI=1S/C26H24FN5O2S/c1-15-11-16(2)29-26(28-15)32-25-23(17(3)31-32)24(35-14-22(33)30-25)19-7-9-21(10-8-19)34-13-18-5-4-6-20(27)12-18/h4-12,24H,13-14H2,1-3H3,(H,30,33)/t24-/m1/s1. The molecular formula is C26H24FN5O2S. The van der Waals surface area contributed by atoms with Crippen LogP contribution in [0, 0.1) is 26.6 Å². The summed E-state index contributed by atoms with van der Waals surface area (Å²) in [5.74, 6) is 1.64. The number of hydrogen-bond donors (Lipinski definition) is 1. The van der Waals surface area contributed by atoms with Crippen molar-refractivity contribution in [3.05, 3.63) is 94.2 Å². The molecule has 3 heterocycles. The lowest BCUT2D eigenvalue weighted by Gasteiger charge is -2.16. The number of thioether (sulfide) groups is 1. The summed E-state index contributed by atoms with van der Waals surface area (Å²) in [6, 6.07) is 16.0. The van der Waals surface area contributed by atoms with Crippen molar-refractivity contribution in [3.8, 4) is 11.7 Å². The maximum absolute atomic E-state index is 13.4. The van der Waals surface area contributed by atoms with Crippen molar-refractivity contribution >= 4 is 23.5 Å². The van der Waals surface area contributed by atoms with Gasteiger partial charge in [-0.1, -0.05) is 24.3 Å². The van der Waals surface area contributed by atoms with E-state index in [-0.39, 0.29) is 23.6 Å². The molecule has 4 aromatic rings. The predicted molar refractivity (Wildman–Crippen MR) is 133 cm³/mol. The minimum absolute atomic E-state index is 0.0979. The number of benzene rings is 2. The summed E-state index contributed by atoms with van der Waals surface area (Å²) in [6.45, 7) is 6.02. The van der Waals surface area contributed by atoms with E-state index < -0.39 is 0 Å². The van der Waals surface area contributed by atoms with Gasteiger partial charge in [0.2, 0.25) is 5.91 Å². The van der Waals surface area contributed by atoms with Crippen molar-refractivity contribution in [1.29, 1.82) is 0 Å². The van der Waals surface area contributed by atoms with E-state index in [0.717, 1.165) is 33.8 Å². The molecular weight excluding hydrogens is 465 g/mol. The van der Waals surface area contributed by atoms with Crippen LogP contribution >= 0.6 is 11.8 Å². The highest BCUT2D eigenvalue weighted by Crippen LogP contribution is 2.44. The van der Waals surface area contributed by atoms with Crippen molar-refractivity contribution in [2.75, 3.05) is 11.1 Å². The number of fused-ring (bicyclic) bond motifs is 1. The highest BCUT2D eigenvalue weighted by molar-refractivity contribution is 8.00. The molecule has 7 nitrogen and oxygen atoms in total. The van der Waals surface area contributed by atoms with Crippen LogP contribution in [0.25, 0.3) is 5.95 Å². The fourth-order valence-corrected chi connectivity index (χ4v) is 5.31. The first-order valence-corrected chi connectivity index (χ1v) is 12.2. The number of amides is 1. The monoisotopic (exact) mass is 489 g/mol. The van der Waals surface area contributed by atoms with E-state index in [9.17, 15) is 9.18 Å². The third-order valence-corrected chi connectivity index (χ3v) is 6.92. The molecule has 178 valence electrons. The molecule has 0 radical (unpaired) electrons. The molecule has 0 fully saturated rings. The van der Waals surface area contributed by atoms with Crippen LogP contribution in [0.2, 0.25) is 0 Å². The van der Waals surface area contributed by atoms with Crippen LogP contribution in [0.1, 0.15) is 39.0 Å². The Hall–Kier alpha value is -3.72. The van der Waals surface area contributed by atoms with Crippen molar-refractivity contribution in [1.82, 2.24) is 19.7 Å². The Kier molecular flexibility index (Phi) is 6.25. The second kappa shape index (κ2) is 9.50. The minimum atomic E-state index is -0.284. The Morgan fingerprint density at radius 3 is 2.54 bits per heavy atom. The van der Waals surface area contributed by atoms with Crippen molar-refractivity contribution in [2.24, 2.45) is 0 Å². The second-order valence-corrected chi connectivity index (χ2v) is 9.53. The van der Waals surface area contributed by atoms with Crippen LogP contribution in [0.4, 0.5) is 10.2 Å². The van der Waals surface area contributed by atoms with E-state index in [1.54, 1.807) is 22.5 Å². The van der Waals surface area contributed by atoms with Gasteiger partial charge in [0.15, 0.2) is 0 Å². The molecule has 1 atom stereocenters. The molecule has 0 spiro atoms. The predicted octanol–water partition coefficient (Wildman–Crippen LogP) is 5.08. The maximum Gasteiger partial charge on any atom is 0.252 e. The van der Waals surface area contributed by atoms with Crippen LogP contribution in [-0.2, 0) is 11.4 Å². The van der Waals surface area contributed by atoms with Crippen LogP contribution < -0.4 is 10.1 Å². The smallest absolute Gasteiger partial charge is 0.252 e. The van der Waals surface area contributed by atoms with Crippen molar-refractivity contribution < 1.29 is 13.9 Å². The molecule has 1 aliphatic heterocycles. The third kappa shape index (κ3) is 4.90. The second-order valence-electron chi connectivity index (χ2n) is 8.44. The normalized spacial score (nSPS) is 15.3. The summed E-state index contributed by atoms with van der Waals surface area (Å²) >= 11 is 1.55. The number of anilines is 1. The Morgan fingerprint density at radius 2 is 1.83 bits per heavy atom. The Bertz CT molecular complexity index is 1380. The van der Waals surface area contributed by atoms with E-state index in [1.165, 1.54) is 12.1 Å². The minimum Gasteiger partial charge on any atom is -0.489 e. The Morgan fingerprint density at radius 1 is 1.09 bits per heavy atom. The number of carbonyl (C=O) groups excluding carboxylic acids is 1. The average molecular weight is 490 g/mol. The molecule has 9 heteroatoms. The van der Waals surface area contributed by atoms with Gasteiger partial charge in [-0.2, -0.15) is 9.78 Å². The van der Waals surface area contributed by atoms with Gasteiger partial charge in [0.1, 0.15) is 24.0 Å². The quantitative estimate of drug-likeness (QED) is 0.421. The number of rotatable bonds is 5. The number of carbonyl (C=O) groups is 1. The lowest BCUT2D eigenvalue weighted by atomic mass is 10.0. The molecule has 35 heavy (non-hydrogen) atoms. The number of aromatic nitrogens is 4. The highest BCUT2D eigenvalue weighted by atomic mass is 32.2. The van der Waals surface area contributed by atoms with E-state index in [0.29, 0.717) is 23.3 Å². The summed E-state index contributed by atoms with van der Waals surface area (Å²) < 4.78 is 20.9. The number of nitrogens with zero attached hydrogens (tertiary/aromatic N) is 4. The van der Waals surface area contributed by atoms with Gasteiger partial charge in [-0.25, -0.2) is 14.4 Å². The zero-order valence-electron chi connectivity index (χ0n) is 19.6. The fourth-order valence-electron chi connectivity index (χ4n) is 4.13.